The Hall–Kier alpha value is -2.32. The number of rotatable bonds is 2. The lowest BCUT2D eigenvalue weighted by atomic mass is 10.6. The second-order valence-electron chi connectivity index (χ2n) is 2.09. The lowest BCUT2D eigenvalue weighted by Gasteiger charge is -1.92. The van der Waals surface area contributed by atoms with Crippen LogP contribution < -0.4 is 0 Å². The van der Waals surface area contributed by atoms with Gasteiger partial charge in [0.25, 0.3) is 5.82 Å². The Bertz CT molecular complexity index is 417. The fourth-order valence-corrected chi connectivity index (χ4v) is 0.815. The molecule has 0 aromatic carbocycles. The molecule has 0 saturated heterocycles. The SMILES string of the molecule is O=[N+]([O-])c1[nH]nnc1-n1ccnn1. The van der Waals surface area contributed by atoms with Crippen molar-refractivity contribution in [1.82, 2.24) is 30.4 Å². The third-order valence-corrected chi connectivity index (χ3v) is 1.33. The van der Waals surface area contributed by atoms with Crippen molar-refractivity contribution in [3.8, 4) is 5.82 Å². The molecule has 2 aromatic heterocycles. The molecule has 0 saturated carbocycles. The second kappa shape index (κ2) is 2.62. The predicted molar refractivity (Wildman–Crippen MR) is 38.0 cm³/mol. The molecule has 0 unspecified atom stereocenters. The highest BCUT2D eigenvalue weighted by atomic mass is 16.6. The van der Waals surface area contributed by atoms with Gasteiger partial charge < -0.3 is 10.1 Å². The van der Waals surface area contributed by atoms with Crippen LogP contribution in [0, 0.1) is 10.1 Å². The Labute approximate surface area is 70.5 Å². The monoisotopic (exact) mass is 181 g/mol. The van der Waals surface area contributed by atoms with Crippen molar-refractivity contribution < 1.29 is 4.92 Å². The van der Waals surface area contributed by atoms with Crippen LogP contribution in [-0.4, -0.2) is 35.3 Å². The molecule has 0 aliphatic rings. The third kappa shape index (κ3) is 1.11. The molecule has 0 aliphatic heterocycles. The van der Waals surface area contributed by atoms with Gasteiger partial charge in [-0.1, -0.05) is 10.3 Å². The molecule has 0 amide bonds. The van der Waals surface area contributed by atoms with Gasteiger partial charge in [0.05, 0.1) is 12.4 Å². The van der Waals surface area contributed by atoms with Crippen molar-refractivity contribution in [2.45, 2.75) is 0 Å². The van der Waals surface area contributed by atoms with Crippen molar-refractivity contribution in [2.24, 2.45) is 0 Å². The summed E-state index contributed by atoms with van der Waals surface area (Å²) < 4.78 is 1.15. The second-order valence-corrected chi connectivity index (χ2v) is 2.09. The highest BCUT2D eigenvalue weighted by Gasteiger charge is 2.18. The van der Waals surface area contributed by atoms with Crippen LogP contribution in [0.2, 0.25) is 0 Å². The quantitative estimate of drug-likeness (QED) is 0.483. The molecule has 2 rings (SSSR count). The number of nitrogens with one attached hydrogen (secondary N) is 1. The molecular formula is C4H3N7O2. The number of nitro groups is 1. The van der Waals surface area contributed by atoms with Crippen molar-refractivity contribution in [3.63, 3.8) is 0 Å². The van der Waals surface area contributed by atoms with E-state index in [0.29, 0.717) is 0 Å². The minimum atomic E-state index is -0.628. The summed E-state index contributed by atoms with van der Waals surface area (Å²) in [6, 6.07) is 0. The molecule has 0 atom stereocenters. The van der Waals surface area contributed by atoms with E-state index in [-0.39, 0.29) is 11.6 Å². The van der Waals surface area contributed by atoms with Crippen molar-refractivity contribution in [1.29, 1.82) is 0 Å². The van der Waals surface area contributed by atoms with Gasteiger partial charge in [0, 0.05) is 5.21 Å². The molecular weight excluding hydrogens is 178 g/mol. The lowest BCUT2D eigenvalue weighted by Crippen LogP contribution is -2.00. The van der Waals surface area contributed by atoms with E-state index in [1.807, 2.05) is 0 Å². The van der Waals surface area contributed by atoms with E-state index >= 15 is 0 Å². The van der Waals surface area contributed by atoms with Gasteiger partial charge in [-0.05, 0) is 4.92 Å². The normalized spacial score (nSPS) is 10.2. The molecule has 66 valence electrons. The van der Waals surface area contributed by atoms with Crippen LogP contribution in [0.3, 0.4) is 0 Å². The van der Waals surface area contributed by atoms with Crippen molar-refractivity contribution in [3.05, 3.63) is 22.5 Å². The molecule has 0 radical (unpaired) electrons. The lowest BCUT2D eigenvalue weighted by molar-refractivity contribution is -0.389. The smallest absolute Gasteiger partial charge is 0.358 e. The van der Waals surface area contributed by atoms with Crippen LogP contribution in [0.1, 0.15) is 0 Å². The summed E-state index contributed by atoms with van der Waals surface area (Å²) in [7, 11) is 0. The van der Waals surface area contributed by atoms with Gasteiger partial charge in [-0.15, -0.1) is 10.2 Å². The van der Waals surface area contributed by atoms with Crippen LogP contribution in [0.25, 0.3) is 5.82 Å². The van der Waals surface area contributed by atoms with E-state index in [0.717, 1.165) is 4.68 Å². The summed E-state index contributed by atoms with van der Waals surface area (Å²) in [5, 5.41) is 26.4. The summed E-state index contributed by atoms with van der Waals surface area (Å²) in [4.78, 5) is 9.78. The van der Waals surface area contributed by atoms with E-state index in [1.165, 1.54) is 12.4 Å². The first-order chi connectivity index (χ1) is 6.29. The van der Waals surface area contributed by atoms with Crippen LogP contribution in [0.4, 0.5) is 5.82 Å². The number of H-pyrrole nitrogens is 1. The maximum absolute atomic E-state index is 10.4. The molecule has 9 nitrogen and oxygen atoms in total. The molecule has 0 bridgehead atoms. The Morgan fingerprint density at radius 1 is 1.62 bits per heavy atom. The fraction of sp³-hybridized carbons (Fsp3) is 0. The minimum absolute atomic E-state index is 0.0162. The first-order valence-electron chi connectivity index (χ1n) is 3.21. The molecule has 0 fully saturated rings. The van der Waals surface area contributed by atoms with Gasteiger partial charge in [0.15, 0.2) is 0 Å². The molecule has 9 heteroatoms. The Morgan fingerprint density at radius 3 is 3.08 bits per heavy atom. The zero-order chi connectivity index (χ0) is 9.26. The topological polar surface area (TPSA) is 115 Å². The number of aromatic amines is 1. The average Bonchev–Trinajstić information content (AvgIpc) is 2.74. The summed E-state index contributed by atoms with van der Waals surface area (Å²) in [5.74, 6) is -0.298. The summed E-state index contributed by atoms with van der Waals surface area (Å²) in [6.07, 6.45) is 2.82. The Kier molecular flexibility index (Phi) is 1.48. The van der Waals surface area contributed by atoms with Crippen LogP contribution >= 0.6 is 0 Å². The van der Waals surface area contributed by atoms with Crippen molar-refractivity contribution >= 4 is 5.82 Å². The highest BCUT2D eigenvalue weighted by Crippen LogP contribution is 2.13. The van der Waals surface area contributed by atoms with E-state index in [1.54, 1.807) is 0 Å². The predicted octanol–water partition coefficient (Wildman–Crippen LogP) is -0.706. The minimum Gasteiger partial charge on any atom is -0.358 e. The van der Waals surface area contributed by atoms with E-state index in [4.69, 9.17) is 0 Å². The number of hydrogen-bond acceptors (Lipinski definition) is 6. The standard InChI is InChI=1S/C4H3N7O2/c12-11(13)4-3(6-8-7-4)10-2-1-5-9-10/h1-2H,(H,6,7,8). The van der Waals surface area contributed by atoms with Crippen LogP contribution in [0.15, 0.2) is 12.4 Å². The molecule has 0 aliphatic carbocycles. The first kappa shape index (κ1) is 7.34. The fourth-order valence-electron chi connectivity index (χ4n) is 0.815. The maximum atomic E-state index is 10.4. The molecule has 2 aromatic rings. The molecule has 0 spiro atoms. The van der Waals surface area contributed by atoms with Gasteiger partial charge in [-0.2, -0.15) is 4.68 Å². The largest absolute Gasteiger partial charge is 0.389 e. The van der Waals surface area contributed by atoms with Gasteiger partial charge in [-0.25, -0.2) is 0 Å². The Balaban J connectivity index is 2.52. The Morgan fingerprint density at radius 2 is 2.46 bits per heavy atom. The molecule has 13 heavy (non-hydrogen) atoms. The van der Waals surface area contributed by atoms with Crippen LogP contribution in [0.5, 0.6) is 0 Å². The number of hydrogen-bond donors (Lipinski definition) is 1. The zero-order valence-electron chi connectivity index (χ0n) is 6.15. The van der Waals surface area contributed by atoms with Gasteiger partial charge in [0.2, 0.25) is 0 Å². The first-order valence-corrected chi connectivity index (χ1v) is 3.21. The summed E-state index contributed by atoms with van der Waals surface area (Å²) in [6.45, 7) is 0. The zero-order valence-corrected chi connectivity index (χ0v) is 6.15. The highest BCUT2D eigenvalue weighted by molar-refractivity contribution is 5.36. The number of nitrogens with zero attached hydrogens (tertiary/aromatic N) is 6. The van der Waals surface area contributed by atoms with E-state index < -0.39 is 4.92 Å². The summed E-state index contributed by atoms with van der Waals surface area (Å²) >= 11 is 0. The van der Waals surface area contributed by atoms with Gasteiger partial charge >= 0.3 is 5.82 Å². The average molecular weight is 181 g/mol. The number of aromatic nitrogens is 6. The van der Waals surface area contributed by atoms with Crippen LogP contribution in [-0.2, 0) is 0 Å². The van der Waals surface area contributed by atoms with E-state index in [9.17, 15) is 10.1 Å². The van der Waals surface area contributed by atoms with Gasteiger partial charge in [0.1, 0.15) is 0 Å². The third-order valence-electron chi connectivity index (χ3n) is 1.33. The van der Waals surface area contributed by atoms with E-state index in [2.05, 4.69) is 25.7 Å². The summed E-state index contributed by atoms with van der Waals surface area (Å²) in [5.41, 5.74) is 0. The van der Waals surface area contributed by atoms with Gasteiger partial charge in [-0.3, -0.25) is 0 Å². The molecule has 1 N–H and O–H groups in total. The van der Waals surface area contributed by atoms with Crippen molar-refractivity contribution in [2.75, 3.05) is 0 Å². The maximum Gasteiger partial charge on any atom is 0.389 e. The molecule has 2 heterocycles.